The van der Waals surface area contributed by atoms with Crippen LogP contribution in [0, 0.1) is 47.6 Å². The van der Waals surface area contributed by atoms with Gasteiger partial charge in [-0.3, -0.25) is 6.08 Å². The van der Waals surface area contributed by atoms with Crippen LogP contribution in [0.3, 0.4) is 0 Å². The molecule has 0 N–H and O–H groups in total. The third kappa shape index (κ3) is 6.40. The summed E-state index contributed by atoms with van der Waals surface area (Å²) >= 11 is 0. The van der Waals surface area contributed by atoms with Gasteiger partial charge in [0, 0.05) is 5.41 Å². The Labute approximate surface area is 252 Å². The molecule has 0 aliphatic heterocycles. The minimum absolute atomic E-state index is 0. The molecule has 0 saturated heterocycles. The SMILES string of the molecule is CC1=C(C)C(C(c2cc(C)cc(C)c2)(c2cc(C)cc(C)c2)c2cc(C)cc(C)c2)=[C-]C1.[Cl-].[Cl-].[Cl-].[Ti+4]. The number of aryl methyl sites for hydroxylation is 6. The number of halogens is 3. The molecule has 1 aliphatic rings. The van der Waals surface area contributed by atoms with E-state index in [-0.39, 0.29) is 58.9 Å². The minimum Gasteiger partial charge on any atom is -1.00 e. The molecule has 0 heterocycles. The first kappa shape index (κ1) is 34.7. The maximum atomic E-state index is 3.85. The van der Waals surface area contributed by atoms with Crippen LogP contribution in [0.5, 0.6) is 0 Å². The van der Waals surface area contributed by atoms with Gasteiger partial charge in [-0.25, -0.2) is 5.57 Å². The third-order valence-electron chi connectivity index (χ3n) is 6.88. The summed E-state index contributed by atoms with van der Waals surface area (Å²) in [7, 11) is 0. The van der Waals surface area contributed by atoms with E-state index in [0.717, 1.165) is 6.42 Å². The first-order valence-corrected chi connectivity index (χ1v) is 11.7. The molecule has 0 aromatic heterocycles. The Morgan fingerprint density at radius 3 is 1.00 bits per heavy atom. The maximum absolute atomic E-state index is 3.85. The zero-order chi connectivity index (χ0) is 23.2. The fourth-order valence-corrected chi connectivity index (χ4v) is 5.62. The Morgan fingerprint density at radius 2 is 0.778 bits per heavy atom. The molecular weight excluding hydrogens is 539 g/mol. The Balaban J connectivity index is 0.00000306. The second-order valence-electron chi connectivity index (χ2n) is 10.0. The quantitative estimate of drug-likeness (QED) is 0.221. The number of hydrogen-bond acceptors (Lipinski definition) is 0. The van der Waals surface area contributed by atoms with Crippen LogP contribution >= 0.6 is 0 Å². The normalized spacial score (nSPS) is 12.6. The maximum Gasteiger partial charge on any atom is 4.00 e. The van der Waals surface area contributed by atoms with E-state index in [1.54, 1.807) is 0 Å². The van der Waals surface area contributed by atoms with Crippen molar-refractivity contribution in [3.8, 4) is 0 Å². The molecule has 4 rings (SSSR count). The second kappa shape index (κ2) is 13.5. The van der Waals surface area contributed by atoms with Crippen molar-refractivity contribution in [1.29, 1.82) is 0 Å². The minimum atomic E-state index is -0.397. The van der Waals surface area contributed by atoms with Gasteiger partial charge in [-0.1, -0.05) is 94.9 Å². The molecule has 3 aromatic carbocycles. The molecule has 0 saturated carbocycles. The van der Waals surface area contributed by atoms with Gasteiger partial charge in [0.05, 0.1) is 0 Å². The van der Waals surface area contributed by atoms with Crippen LogP contribution in [0.1, 0.15) is 70.3 Å². The van der Waals surface area contributed by atoms with Crippen molar-refractivity contribution >= 4 is 0 Å². The van der Waals surface area contributed by atoms with Crippen LogP contribution in [-0.2, 0) is 27.1 Å². The van der Waals surface area contributed by atoms with E-state index in [2.05, 4.69) is 116 Å². The van der Waals surface area contributed by atoms with Gasteiger partial charge >= 0.3 is 21.7 Å². The molecule has 3 aromatic rings. The summed E-state index contributed by atoms with van der Waals surface area (Å²) in [4.78, 5) is 0. The van der Waals surface area contributed by atoms with Crippen LogP contribution in [0.15, 0.2) is 71.3 Å². The molecule has 36 heavy (non-hydrogen) atoms. The number of rotatable bonds is 4. The molecule has 1 aliphatic carbocycles. The van der Waals surface area contributed by atoms with Crippen LogP contribution in [-0.4, -0.2) is 0 Å². The van der Waals surface area contributed by atoms with Gasteiger partial charge in [0.25, 0.3) is 0 Å². The average molecular weight is 574 g/mol. The summed E-state index contributed by atoms with van der Waals surface area (Å²) in [5.41, 5.74) is 15.5. The number of hydrogen-bond donors (Lipinski definition) is 0. The van der Waals surface area contributed by atoms with Gasteiger partial charge in [-0.05, 0) is 58.2 Å². The van der Waals surface area contributed by atoms with Gasteiger partial charge in [-0.2, -0.15) is 11.1 Å². The van der Waals surface area contributed by atoms with E-state index < -0.39 is 5.41 Å². The largest absolute Gasteiger partial charge is 4.00 e. The third-order valence-corrected chi connectivity index (χ3v) is 6.88. The van der Waals surface area contributed by atoms with Crippen molar-refractivity contribution < 1.29 is 58.9 Å². The van der Waals surface area contributed by atoms with E-state index >= 15 is 0 Å². The molecule has 0 atom stereocenters. The topological polar surface area (TPSA) is 0 Å². The van der Waals surface area contributed by atoms with Gasteiger partial charge in [0.1, 0.15) is 0 Å². The average Bonchev–Trinajstić information content (AvgIpc) is 3.00. The first-order chi connectivity index (χ1) is 15.1. The predicted molar refractivity (Wildman–Crippen MR) is 137 cm³/mol. The van der Waals surface area contributed by atoms with E-state index in [1.165, 1.54) is 66.8 Å². The molecular formula is C32H35Cl3Ti. The summed E-state index contributed by atoms with van der Waals surface area (Å²) < 4.78 is 0. The van der Waals surface area contributed by atoms with Gasteiger partial charge < -0.3 is 37.2 Å². The molecule has 4 heteroatoms. The van der Waals surface area contributed by atoms with E-state index in [9.17, 15) is 0 Å². The Bertz CT molecular complexity index is 1100. The molecule has 0 radical (unpaired) electrons. The summed E-state index contributed by atoms with van der Waals surface area (Å²) in [5.74, 6) is 0. The zero-order valence-corrected chi connectivity index (χ0v) is 26.4. The molecule has 0 nitrogen and oxygen atoms in total. The fraction of sp³-hybridized carbons (Fsp3) is 0.312. The number of allylic oxidation sites excluding steroid dienone is 4. The van der Waals surface area contributed by atoms with Crippen LogP contribution < -0.4 is 37.2 Å². The molecule has 0 unspecified atom stereocenters. The molecule has 0 bridgehead atoms. The number of benzene rings is 3. The van der Waals surface area contributed by atoms with Crippen LogP contribution in [0.25, 0.3) is 0 Å². The Hall–Kier alpha value is -1.28. The molecule has 0 fully saturated rings. The fourth-order valence-electron chi connectivity index (χ4n) is 5.62. The monoisotopic (exact) mass is 572 g/mol. The van der Waals surface area contributed by atoms with Crippen molar-refractivity contribution in [2.24, 2.45) is 0 Å². The molecule has 0 spiro atoms. The zero-order valence-electron chi connectivity index (χ0n) is 22.5. The standard InChI is InChI=1S/C32H35.3ClH.Ti/c1-20-11-21(2)15-28(14-20)32(31-10-9-26(7)27(31)8,29-16-22(3)12-23(4)17-29)30-18-24(5)13-25(6)19-30;;;;/h11-19H,9H2,1-8H3;3*1H;/q-1;;;;+4/p-3. The molecule has 188 valence electrons. The van der Waals surface area contributed by atoms with Crippen molar-refractivity contribution in [3.05, 3.63) is 127 Å². The summed E-state index contributed by atoms with van der Waals surface area (Å²) in [5, 5.41) is 0. The van der Waals surface area contributed by atoms with Gasteiger partial charge in [0.15, 0.2) is 0 Å². The Morgan fingerprint density at radius 1 is 0.500 bits per heavy atom. The van der Waals surface area contributed by atoms with Crippen molar-refractivity contribution in [2.45, 2.75) is 67.2 Å². The predicted octanol–water partition coefficient (Wildman–Crippen LogP) is -0.649. The van der Waals surface area contributed by atoms with Crippen molar-refractivity contribution in [2.75, 3.05) is 0 Å². The molecule has 0 amide bonds. The van der Waals surface area contributed by atoms with E-state index in [4.69, 9.17) is 0 Å². The van der Waals surface area contributed by atoms with Gasteiger partial charge in [0.2, 0.25) is 0 Å². The second-order valence-corrected chi connectivity index (χ2v) is 10.0. The van der Waals surface area contributed by atoms with Crippen LogP contribution in [0.2, 0.25) is 0 Å². The van der Waals surface area contributed by atoms with Crippen LogP contribution in [0.4, 0.5) is 0 Å². The van der Waals surface area contributed by atoms with Crippen molar-refractivity contribution in [3.63, 3.8) is 0 Å². The Kier molecular flexibility index (Phi) is 13.0. The van der Waals surface area contributed by atoms with Crippen molar-refractivity contribution in [1.82, 2.24) is 0 Å². The summed E-state index contributed by atoms with van der Waals surface area (Å²) in [6.07, 6.45) is 4.76. The van der Waals surface area contributed by atoms with Gasteiger partial charge in [-0.15, -0.1) is 13.3 Å². The first-order valence-electron chi connectivity index (χ1n) is 11.7. The smallest absolute Gasteiger partial charge is 1.00 e. The van der Waals surface area contributed by atoms with E-state index in [0.29, 0.717) is 0 Å². The summed E-state index contributed by atoms with van der Waals surface area (Å²) in [6.45, 7) is 17.8. The summed E-state index contributed by atoms with van der Waals surface area (Å²) in [6, 6.07) is 21.1. The van der Waals surface area contributed by atoms with E-state index in [1.807, 2.05) is 0 Å².